The Balaban J connectivity index is 1.50. The lowest BCUT2D eigenvalue weighted by atomic mass is 9.84. The molecular weight excluding hydrogens is 285 g/mol. The molecule has 4 unspecified atom stereocenters. The van der Waals surface area contributed by atoms with Gasteiger partial charge in [0.15, 0.2) is 0 Å². The second-order valence-electron chi connectivity index (χ2n) is 6.21. The number of anilines is 1. The highest BCUT2D eigenvalue weighted by atomic mass is 19.1. The average Bonchev–Trinajstić information content (AvgIpc) is 3.05. The van der Waals surface area contributed by atoms with Gasteiger partial charge < -0.3 is 16.4 Å². The summed E-state index contributed by atoms with van der Waals surface area (Å²) in [4.78, 5) is 24.0. The largest absolute Gasteiger partial charge is 0.347 e. The third kappa shape index (κ3) is 2.97. The molecule has 0 heterocycles. The molecule has 4 N–H and O–H groups in total. The smallest absolute Gasteiger partial charge is 0.243 e. The second-order valence-corrected chi connectivity index (χ2v) is 6.21. The van der Waals surface area contributed by atoms with Gasteiger partial charge in [-0.3, -0.25) is 9.59 Å². The lowest BCUT2D eigenvalue weighted by Gasteiger charge is -2.26. The van der Waals surface area contributed by atoms with Crippen molar-refractivity contribution in [2.24, 2.45) is 23.5 Å². The molecule has 1 aromatic carbocycles. The molecule has 22 heavy (non-hydrogen) atoms. The molecule has 2 saturated carbocycles. The van der Waals surface area contributed by atoms with Crippen molar-refractivity contribution in [1.29, 1.82) is 0 Å². The van der Waals surface area contributed by atoms with Crippen molar-refractivity contribution >= 4 is 17.5 Å². The number of amides is 2. The van der Waals surface area contributed by atoms with E-state index in [1.807, 2.05) is 0 Å². The number of halogens is 1. The van der Waals surface area contributed by atoms with Crippen molar-refractivity contribution < 1.29 is 14.0 Å². The maximum Gasteiger partial charge on any atom is 0.243 e. The summed E-state index contributed by atoms with van der Waals surface area (Å²) in [5.41, 5.74) is 6.48. The van der Waals surface area contributed by atoms with E-state index in [9.17, 15) is 14.0 Å². The number of hydrogen-bond acceptors (Lipinski definition) is 3. The summed E-state index contributed by atoms with van der Waals surface area (Å²) in [6.45, 7) is -0.129. The molecule has 2 bridgehead atoms. The topological polar surface area (TPSA) is 84.2 Å². The van der Waals surface area contributed by atoms with Crippen LogP contribution in [0.4, 0.5) is 10.1 Å². The molecule has 0 spiro atoms. The standard InChI is InChI=1S/C16H20FN3O2/c17-11-2-1-3-12(7-11)20-13(21)8-19-16(22)14-9-4-5-10(6-9)15(14)18/h1-3,7,9-10,14-15H,4-6,8,18H2,(H,19,22)(H,20,21). The molecular formula is C16H20FN3O2. The molecule has 2 aliphatic rings. The van der Waals surface area contributed by atoms with Crippen molar-refractivity contribution in [3.05, 3.63) is 30.1 Å². The van der Waals surface area contributed by atoms with E-state index >= 15 is 0 Å². The first-order chi connectivity index (χ1) is 10.5. The number of rotatable bonds is 4. The highest BCUT2D eigenvalue weighted by Crippen LogP contribution is 2.47. The quantitative estimate of drug-likeness (QED) is 0.783. The number of nitrogens with two attached hydrogens (primary N) is 1. The van der Waals surface area contributed by atoms with Crippen LogP contribution in [-0.4, -0.2) is 24.4 Å². The highest BCUT2D eigenvalue weighted by Gasteiger charge is 2.48. The number of benzene rings is 1. The van der Waals surface area contributed by atoms with Gasteiger partial charge in [-0.1, -0.05) is 6.07 Å². The van der Waals surface area contributed by atoms with Gasteiger partial charge >= 0.3 is 0 Å². The van der Waals surface area contributed by atoms with Gasteiger partial charge in [0.1, 0.15) is 5.82 Å². The summed E-state index contributed by atoms with van der Waals surface area (Å²) in [7, 11) is 0. The number of carbonyl (C=O) groups is 2. The van der Waals surface area contributed by atoms with E-state index in [1.165, 1.54) is 18.2 Å². The van der Waals surface area contributed by atoms with Crippen LogP contribution in [0.5, 0.6) is 0 Å². The molecule has 3 rings (SSSR count). The highest BCUT2D eigenvalue weighted by molar-refractivity contribution is 5.95. The van der Waals surface area contributed by atoms with E-state index in [0.717, 1.165) is 19.3 Å². The Kier molecular flexibility index (Phi) is 4.11. The van der Waals surface area contributed by atoms with Gasteiger partial charge in [0.2, 0.25) is 11.8 Å². The molecule has 4 atom stereocenters. The monoisotopic (exact) mass is 305 g/mol. The maximum atomic E-state index is 13.0. The molecule has 0 saturated heterocycles. The zero-order valence-corrected chi connectivity index (χ0v) is 12.2. The minimum absolute atomic E-state index is 0.0926. The summed E-state index contributed by atoms with van der Waals surface area (Å²) in [5, 5.41) is 5.20. The van der Waals surface area contributed by atoms with Crippen LogP contribution in [0.1, 0.15) is 19.3 Å². The van der Waals surface area contributed by atoms with Crippen molar-refractivity contribution in [2.75, 3.05) is 11.9 Å². The minimum Gasteiger partial charge on any atom is -0.347 e. The number of carbonyl (C=O) groups excluding carboxylic acids is 2. The third-order valence-corrected chi connectivity index (χ3v) is 4.81. The molecule has 1 aromatic rings. The second kappa shape index (κ2) is 6.04. The van der Waals surface area contributed by atoms with Crippen molar-refractivity contribution in [1.82, 2.24) is 5.32 Å². The fourth-order valence-corrected chi connectivity index (χ4v) is 3.78. The molecule has 2 fully saturated rings. The zero-order chi connectivity index (χ0) is 15.7. The summed E-state index contributed by atoms with van der Waals surface area (Å²) in [6.07, 6.45) is 3.18. The summed E-state index contributed by atoms with van der Waals surface area (Å²) < 4.78 is 13.0. The molecule has 0 radical (unpaired) electrons. The minimum atomic E-state index is -0.421. The van der Waals surface area contributed by atoms with Crippen LogP contribution in [0.25, 0.3) is 0 Å². The van der Waals surface area contributed by atoms with Crippen molar-refractivity contribution in [3.8, 4) is 0 Å². The Labute approximate surface area is 128 Å². The molecule has 6 heteroatoms. The first-order valence-electron chi connectivity index (χ1n) is 7.63. The van der Waals surface area contributed by atoms with Crippen LogP contribution < -0.4 is 16.4 Å². The predicted molar refractivity (Wildman–Crippen MR) is 80.3 cm³/mol. The number of nitrogens with one attached hydrogen (secondary N) is 2. The number of fused-ring (bicyclic) bond motifs is 2. The third-order valence-electron chi connectivity index (χ3n) is 4.81. The molecule has 118 valence electrons. The Morgan fingerprint density at radius 3 is 2.73 bits per heavy atom. The lowest BCUT2D eigenvalue weighted by molar-refractivity contribution is -0.129. The summed E-state index contributed by atoms with van der Waals surface area (Å²) in [6, 6.07) is 5.54. The number of hydrogen-bond donors (Lipinski definition) is 3. The lowest BCUT2D eigenvalue weighted by Crippen LogP contribution is -2.46. The van der Waals surface area contributed by atoms with Crippen LogP contribution in [-0.2, 0) is 9.59 Å². The van der Waals surface area contributed by atoms with E-state index in [2.05, 4.69) is 10.6 Å². The fraction of sp³-hybridized carbons (Fsp3) is 0.500. The van der Waals surface area contributed by atoms with Gasteiger partial charge in [0.25, 0.3) is 0 Å². The Bertz CT molecular complexity index is 591. The Morgan fingerprint density at radius 2 is 2.05 bits per heavy atom. The zero-order valence-electron chi connectivity index (χ0n) is 12.2. The summed E-state index contributed by atoms with van der Waals surface area (Å²) >= 11 is 0. The normalized spacial score (nSPS) is 29.4. The molecule has 0 aliphatic heterocycles. The van der Waals surface area contributed by atoms with Crippen LogP contribution >= 0.6 is 0 Å². The molecule has 0 aromatic heterocycles. The first-order valence-corrected chi connectivity index (χ1v) is 7.63. The van der Waals surface area contributed by atoms with E-state index in [1.54, 1.807) is 6.07 Å². The van der Waals surface area contributed by atoms with Crippen LogP contribution in [0.15, 0.2) is 24.3 Å². The predicted octanol–water partition coefficient (Wildman–Crippen LogP) is 1.25. The van der Waals surface area contributed by atoms with Gasteiger partial charge in [-0.15, -0.1) is 0 Å². The van der Waals surface area contributed by atoms with Crippen molar-refractivity contribution in [3.63, 3.8) is 0 Å². The van der Waals surface area contributed by atoms with Gasteiger partial charge in [-0.05, 0) is 49.3 Å². The average molecular weight is 305 g/mol. The van der Waals surface area contributed by atoms with E-state index in [4.69, 9.17) is 5.73 Å². The summed E-state index contributed by atoms with van der Waals surface area (Å²) in [5.74, 6) is -0.326. The van der Waals surface area contributed by atoms with Crippen molar-refractivity contribution in [2.45, 2.75) is 25.3 Å². The molecule has 2 aliphatic carbocycles. The first kappa shape index (κ1) is 15.0. The van der Waals surface area contributed by atoms with Gasteiger partial charge in [0.05, 0.1) is 12.5 Å². The fourth-order valence-electron chi connectivity index (χ4n) is 3.78. The SMILES string of the molecule is NC1C2CCC(C2)C1C(=O)NCC(=O)Nc1cccc(F)c1. The van der Waals surface area contributed by atoms with E-state index < -0.39 is 5.82 Å². The van der Waals surface area contributed by atoms with Gasteiger partial charge in [-0.25, -0.2) is 4.39 Å². The maximum absolute atomic E-state index is 13.0. The molecule has 5 nitrogen and oxygen atoms in total. The van der Waals surface area contributed by atoms with Gasteiger partial charge in [-0.2, -0.15) is 0 Å². The van der Waals surface area contributed by atoms with Crippen LogP contribution in [0.2, 0.25) is 0 Å². The van der Waals surface area contributed by atoms with E-state index in [-0.39, 0.29) is 30.3 Å². The Hall–Kier alpha value is -1.95. The Morgan fingerprint density at radius 1 is 1.27 bits per heavy atom. The van der Waals surface area contributed by atoms with E-state index in [0.29, 0.717) is 17.5 Å². The van der Waals surface area contributed by atoms with Crippen LogP contribution in [0, 0.1) is 23.6 Å². The van der Waals surface area contributed by atoms with Crippen LogP contribution in [0.3, 0.4) is 0 Å². The van der Waals surface area contributed by atoms with Gasteiger partial charge in [0, 0.05) is 11.7 Å². The molecule has 2 amide bonds.